The number of aromatic nitrogens is 2. The van der Waals surface area contributed by atoms with E-state index in [2.05, 4.69) is 36.0 Å². The first-order valence-electron chi connectivity index (χ1n) is 4.30. The minimum Gasteiger partial charge on any atom is -0.337 e. The van der Waals surface area contributed by atoms with Crippen LogP contribution in [0.5, 0.6) is 0 Å². The van der Waals surface area contributed by atoms with Gasteiger partial charge in [-0.05, 0) is 17.6 Å². The maximum atomic E-state index is 4.33. The van der Waals surface area contributed by atoms with Crippen LogP contribution in [0.2, 0.25) is 0 Å². The van der Waals surface area contributed by atoms with Crippen molar-refractivity contribution in [2.24, 2.45) is 11.8 Å². The van der Waals surface area contributed by atoms with Crippen LogP contribution in [0.15, 0.2) is 18.7 Å². The summed E-state index contributed by atoms with van der Waals surface area (Å²) in [4.78, 5) is 4.01. The Labute approximate surface area is 79.4 Å². The minimum atomic E-state index is 0.641. The number of imidazole rings is 1. The van der Waals surface area contributed by atoms with Crippen molar-refractivity contribution in [3.63, 3.8) is 0 Å². The highest BCUT2D eigenvalue weighted by atomic mass is 32.1. The molecular formula is C9H16N2S. The fourth-order valence-electron chi connectivity index (χ4n) is 1.14. The third-order valence-electron chi connectivity index (χ3n) is 2.18. The van der Waals surface area contributed by atoms with Crippen molar-refractivity contribution in [1.82, 2.24) is 9.55 Å². The maximum Gasteiger partial charge on any atom is 0.0946 e. The third-order valence-corrected chi connectivity index (χ3v) is 2.65. The number of hydrogen-bond acceptors (Lipinski definition) is 2. The smallest absolute Gasteiger partial charge is 0.0946 e. The van der Waals surface area contributed by atoms with Crippen LogP contribution in [0, 0.1) is 11.8 Å². The first-order valence-corrected chi connectivity index (χ1v) is 4.94. The normalized spacial score (nSPS) is 13.7. The molecule has 0 saturated carbocycles. The Hall–Kier alpha value is -0.440. The van der Waals surface area contributed by atoms with Crippen molar-refractivity contribution in [3.05, 3.63) is 18.7 Å². The van der Waals surface area contributed by atoms with Crippen molar-refractivity contribution in [3.8, 4) is 0 Å². The monoisotopic (exact) mass is 184 g/mol. The van der Waals surface area contributed by atoms with Crippen molar-refractivity contribution in [2.45, 2.75) is 20.4 Å². The van der Waals surface area contributed by atoms with Gasteiger partial charge in [-0.25, -0.2) is 4.98 Å². The predicted molar refractivity (Wildman–Crippen MR) is 54.4 cm³/mol. The first kappa shape index (κ1) is 9.65. The van der Waals surface area contributed by atoms with E-state index in [-0.39, 0.29) is 0 Å². The highest BCUT2D eigenvalue weighted by molar-refractivity contribution is 7.80. The van der Waals surface area contributed by atoms with Crippen molar-refractivity contribution >= 4 is 12.6 Å². The van der Waals surface area contributed by atoms with Crippen LogP contribution in [-0.2, 0) is 6.54 Å². The number of nitrogens with zero attached hydrogens (tertiary/aromatic N) is 2. The molecule has 1 aromatic rings. The molecule has 1 heterocycles. The van der Waals surface area contributed by atoms with Crippen molar-refractivity contribution in [2.75, 3.05) is 5.75 Å². The third kappa shape index (κ3) is 2.55. The molecule has 12 heavy (non-hydrogen) atoms. The first-order chi connectivity index (χ1) is 5.74. The minimum absolute atomic E-state index is 0.641. The van der Waals surface area contributed by atoms with Gasteiger partial charge in [-0.3, -0.25) is 0 Å². The summed E-state index contributed by atoms with van der Waals surface area (Å²) in [6.45, 7) is 5.50. The SMILES string of the molecule is CC(C)C(CS)Cn1ccnc1. The Bertz CT molecular complexity index is 206. The van der Waals surface area contributed by atoms with Gasteiger partial charge in [-0.2, -0.15) is 12.6 Å². The van der Waals surface area contributed by atoms with Gasteiger partial charge in [0.25, 0.3) is 0 Å². The highest BCUT2D eigenvalue weighted by Gasteiger charge is 2.11. The molecule has 0 aliphatic heterocycles. The summed E-state index contributed by atoms with van der Waals surface area (Å²) in [6.07, 6.45) is 5.67. The summed E-state index contributed by atoms with van der Waals surface area (Å²) in [5.41, 5.74) is 0. The van der Waals surface area contributed by atoms with E-state index in [1.54, 1.807) is 0 Å². The van der Waals surface area contributed by atoms with Crippen LogP contribution in [0.3, 0.4) is 0 Å². The lowest BCUT2D eigenvalue weighted by Gasteiger charge is -2.18. The van der Waals surface area contributed by atoms with Gasteiger partial charge in [0.2, 0.25) is 0 Å². The summed E-state index contributed by atoms with van der Waals surface area (Å²) in [5.74, 6) is 2.27. The Morgan fingerprint density at radius 2 is 2.25 bits per heavy atom. The van der Waals surface area contributed by atoms with E-state index in [4.69, 9.17) is 0 Å². The molecular weight excluding hydrogens is 168 g/mol. The number of hydrogen-bond donors (Lipinski definition) is 1. The second kappa shape index (κ2) is 4.55. The van der Waals surface area contributed by atoms with Gasteiger partial charge in [0.1, 0.15) is 0 Å². The van der Waals surface area contributed by atoms with Crippen LogP contribution in [-0.4, -0.2) is 15.3 Å². The van der Waals surface area contributed by atoms with Crippen molar-refractivity contribution in [1.29, 1.82) is 0 Å². The Balaban J connectivity index is 2.48. The van der Waals surface area contributed by atoms with E-state index >= 15 is 0 Å². The van der Waals surface area contributed by atoms with Gasteiger partial charge in [-0.15, -0.1) is 0 Å². The molecule has 0 aliphatic rings. The maximum absolute atomic E-state index is 4.33. The zero-order valence-corrected chi connectivity index (χ0v) is 8.54. The topological polar surface area (TPSA) is 17.8 Å². The Morgan fingerprint density at radius 1 is 1.50 bits per heavy atom. The van der Waals surface area contributed by atoms with Crippen LogP contribution >= 0.6 is 12.6 Å². The molecule has 0 spiro atoms. The number of thiol groups is 1. The summed E-state index contributed by atoms with van der Waals surface area (Å²) >= 11 is 4.33. The highest BCUT2D eigenvalue weighted by Crippen LogP contribution is 2.14. The molecule has 68 valence electrons. The second-order valence-electron chi connectivity index (χ2n) is 3.45. The molecule has 0 aromatic carbocycles. The Kier molecular flexibility index (Phi) is 3.66. The second-order valence-corrected chi connectivity index (χ2v) is 3.81. The molecule has 0 aliphatic carbocycles. The molecule has 0 saturated heterocycles. The van der Waals surface area contributed by atoms with E-state index < -0.39 is 0 Å². The van der Waals surface area contributed by atoms with E-state index in [1.807, 2.05) is 18.7 Å². The van der Waals surface area contributed by atoms with Gasteiger partial charge in [0, 0.05) is 18.9 Å². The zero-order valence-electron chi connectivity index (χ0n) is 7.64. The molecule has 2 nitrogen and oxygen atoms in total. The van der Waals surface area contributed by atoms with Crippen LogP contribution in [0.1, 0.15) is 13.8 Å². The van der Waals surface area contributed by atoms with Crippen molar-refractivity contribution < 1.29 is 0 Å². The van der Waals surface area contributed by atoms with Gasteiger partial charge in [-0.1, -0.05) is 13.8 Å². The van der Waals surface area contributed by atoms with Crippen LogP contribution in [0.4, 0.5) is 0 Å². The summed E-state index contributed by atoms with van der Waals surface area (Å²) in [5, 5.41) is 0. The molecule has 0 fully saturated rings. The van der Waals surface area contributed by atoms with Gasteiger partial charge < -0.3 is 4.57 Å². The molecule has 0 amide bonds. The summed E-state index contributed by atoms with van der Waals surface area (Å²) in [6, 6.07) is 0. The quantitative estimate of drug-likeness (QED) is 0.709. The van der Waals surface area contributed by atoms with E-state index in [9.17, 15) is 0 Å². The molecule has 3 heteroatoms. The predicted octanol–water partition coefficient (Wildman–Crippen LogP) is 2.09. The average Bonchev–Trinajstić information content (AvgIpc) is 2.51. The molecule has 1 aromatic heterocycles. The molecule has 1 atom stereocenters. The summed E-state index contributed by atoms with van der Waals surface area (Å²) in [7, 11) is 0. The van der Waals surface area contributed by atoms with E-state index in [0.29, 0.717) is 11.8 Å². The lowest BCUT2D eigenvalue weighted by molar-refractivity contribution is 0.372. The molecule has 1 unspecified atom stereocenters. The average molecular weight is 184 g/mol. The van der Waals surface area contributed by atoms with Crippen LogP contribution in [0.25, 0.3) is 0 Å². The zero-order chi connectivity index (χ0) is 8.97. The van der Waals surface area contributed by atoms with E-state index in [1.165, 1.54) is 0 Å². The van der Waals surface area contributed by atoms with Gasteiger partial charge in [0.15, 0.2) is 0 Å². The number of rotatable bonds is 4. The molecule has 0 radical (unpaired) electrons. The molecule has 0 N–H and O–H groups in total. The lowest BCUT2D eigenvalue weighted by Crippen LogP contribution is -2.17. The fourth-order valence-corrected chi connectivity index (χ4v) is 1.68. The van der Waals surface area contributed by atoms with Crippen LogP contribution < -0.4 is 0 Å². The molecule has 0 bridgehead atoms. The van der Waals surface area contributed by atoms with E-state index in [0.717, 1.165) is 12.3 Å². The molecule has 1 rings (SSSR count). The standard InChI is InChI=1S/C9H16N2S/c1-8(2)9(6-12)5-11-4-3-10-7-11/h3-4,7-9,12H,5-6H2,1-2H3. The van der Waals surface area contributed by atoms with Gasteiger partial charge >= 0.3 is 0 Å². The summed E-state index contributed by atoms with van der Waals surface area (Å²) < 4.78 is 2.11. The largest absolute Gasteiger partial charge is 0.337 e. The fraction of sp³-hybridized carbons (Fsp3) is 0.667. The Morgan fingerprint density at radius 3 is 2.67 bits per heavy atom. The van der Waals surface area contributed by atoms with Gasteiger partial charge in [0.05, 0.1) is 6.33 Å². The lowest BCUT2D eigenvalue weighted by atomic mass is 9.98.